The second-order valence-corrected chi connectivity index (χ2v) is 6.66. The summed E-state index contributed by atoms with van der Waals surface area (Å²) in [5.41, 5.74) is 3.36. The van der Waals surface area contributed by atoms with E-state index < -0.39 is 0 Å². The molecule has 0 saturated carbocycles. The lowest BCUT2D eigenvalue weighted by Crippen LogP contribution is -2.47. The van der Waals surface area contributed by atoms with Gasteiger partial charge in [-0.25, -0.2) is 14.6 Å². The Hall–Kier alpha value is -3.07. The normalized spacial score (nSPS) is 16.4. The quantitative estimate of drug-likeness (QED) is 0.746. The van der Waals surface area contributed by atoms with Crippen LogP contribution in [0.25, 0.3) is 11.0 Å². The number of nitrogens with one attached hydrogen (secondary N) is 1. The largest absolute Gasteiger partial charge is 0.338 e. The third kappa shape index (κ3) is 3.72. The van der Waals surface area contributed by atoms with Gasteiger partial charge in [0.15, 0.2) is 0 Å². The highest BCUT2D eigenvalue weighted by molar-refractivity contribution is 5.88. The highest BCUT2D eigenvalue weighted by Gasteiger charge is 2.23. The van der Waals surface area contributed by atoms with Crippen molar-refractivity contribution in [2.75, 3.05) is 36.4 Å². The average Bonchev–Trinajstić information content (AvgIpc) is 3.15. The zero-order valence-corrected chi connectivity index (χ0v) is 15.3. The number of piperazine rings is 1. The maximum Gasteiger partial charge on any atom is 0.225 e. The molecule has 1 aliphatic heterocycles. The molecule has 140 valence electrons. The van der Waals surface area contributed by atoms with Crippen molar-refractivity contribution in [3.05, 3.63) is 36.2 Å². The number of hydrogen-bond acceptors (Lipinski definition) is 8. The molecule has 4 rings (SSSR count). The van der Waals surface area contributed by atoms with Crippen LogP contribution < -0.4 is 10.2 Å². The molecule has 1 aromatic carbocycles. The maximum atomic E-state index is 11.1. The van der Waals surface area contributed by atoms with Gasteiger partial charge in [-0.1, -0.05) is 6.07 Å². The monoisotopic (exact) mass is 367 g/mol. The number of carbonyl (C=O) groups excluding carboxylic acids is 1. The Morgan fingerprint density at radius 3 is 2.52 bits per heavy atom. The first-order valence-corrected chi connectivity index (χ1v) is 8.91. The lowest BCUT2D eigenvalue weighted by atomic mass is 10.1. The zero-order valence-electron chi connectivity index (χ0n) is 15.3. The standard InChI is InChI=1S/C18H21N7O2/c1-12(14-3-4-16-17(9-14)23-27-22-16)24-5-7-25(8-6-24)18-19-10-15(11-20-18)21-13(2)26/h3-4,9-12H,5-8H2,1-2H3,(H,21,26). The Labute approximate surface area is 156 Å². The van der Waals surface area contributed by atoms with Gasteiger partial charge in [-0.15, -0.1) is 0 Å². The van der Waals surface area contributed by atoms with Crippen LogP contribution in [0.15, 0.2) is 35.2 Å². The Balaban J connectivity index is 1.38. The van der Waals surface area contributed by atoms with E-state index in [1.54, 1.807) is 12.4 Å². The average molecular weight is 367 g/mol. The number of rotatable bonds is 4. The third-order valence-corrected chi connectivity index (χ3v) is 4.86. The summed E-state index contributed by atoms with van der Waals surface area (Å²) in [6.45, 7) is 7.17. The number of anilines is 2. The molecule has 3 heterocycles. The van der Waals surface area contributed by atoms with Gasteiger partial charge in [-0.3, -0.25) is 9.69 Å². The minimum atomic E-state index is -0.131. The summed E-state index contributed by atoms with van der Waals surface area (Å²) in [5.74, 6) is 0.556. The van der Waals surface area contributed by atoms with Crippen LogP contribution in [0.5, 0.6) is 0 Å². The van der Waals surface area contributed by atoms with Crippen LogP contribution in [-0.2, 0) is 4.79 Å². The Kier molecular flexibility index (Phi) is 4.68. The van der Waals surface area contributed by atoms with Crippen LogP contribution >= 0.6 is 0 Å². The van der Waals surface area contributed by atoms with Gasteiger partial charge in [-0.05, 0) is 34.9 Å². The van der Waals surface area contributed by atoms with Crippen LogP contribution in [0.2, 0.25) is 0 Å². The van der Waals surface area contributed by atoms with Gasteiger partial charge < -0.3 is 10.2 Å². The minimum Gasteiger partial charge on any atom is -0.338 e. The molecule has 9 heteroatoms. The molecule has 1 N–H and O–H groups in total. The van der Waals surface area contributed by atoms with Gasteiger partial charge in [0.25, 0.3) is 0 Å². The molecule has 0 aliphatic carbocycles. The third-order valence-electron chi connectivity index (χ3n) is 4.86. The van der Waals surface area contributed by atoms with Crippen molar-refractivity contribution in [3.8, 4) is 0 Å². The summed E-state index contributed by atoms with van der Waals surface area (Å²) in [5, 5.41) is 10.5. The van der Waals surface area contributed by atoms with E-state index in [2.05, 4.69) is 48.4 Å². The fourth-order valence-electron chi connectivity index (χ4n) is 3.33. The van der Waals surface area contributed by atoms with E-state index in [4.69, 9.17) is 4.63 Å². The predicted molar refractivity (Wildman–Crippen MR) is 100 cm³/mol. The highest BCUT2D eigenvalue weighted by Crippen LogP contribution is 2.25. The summed E-state index contributed by atoms with van der Waals surface area (Å²) >= 11 is 0. The molecule has 27 heavy (non-hydrogen) atoms. The van der Waals surface area contributed by atoms with Gasteiger partial charge in [0, 0.05) is 39.1 Å². The van der Waals surface area contributed by atoms with E-state index in [1.165, 1.54) is 12.5 Å². The number of hydrogen-bond donors (Lipinski definition) is 1. The van der Waals surface area contributed by atoms with Gasteiger partial charge in [0.05, 0.1) is 18.1 Å². The highest BCUT2D eigenvalue weighted by atomic mass is 16.6. The second-order valence-electron chi connectivity index (χ2n) is 6.66. The van der Waals surface area contributed by atoms with Crippen molar-refractivity contribution in [1.82, 2.24) is 25.2 Å². The summed E-state index contributed by atoms with van der Waals surface area (Å²) in [7, 11) is 0. The molecule has 9 nitrogen and oxygen atoms in total. The number of nitrogens with zero attached hydrogens (tertiary/aromatic N) is 6. The zero-order chi connectivity index (χ0) is 18.8. The van der Waals surface area contributed by atoms with E-state index in [0.29, 0.717) is 11.6 Å². The molecule has 3 aromatic rings. The number of carbonyl (C=O) groups is 1. The number of aromatic nitrogens is 4. The first-order chi connectivity index (χ1) is 13.1. The second kappa shape index (κ2) is 7.28. The van der Waals surface area contributed by atoms with Crippen molar-refractivity contribution in [1.29, 1.82) is 0 Å². The lowest BCUT2D eigenvalue weighted by Gasteiger charge is -2.38. The van der Waals surface area contributed by atoms with Crippen molar-refractivity contribution < 1.29 is 9.42 Å². The molecule has 1 unspecified atom stereocenters. The van der Waals surface area contributed by atoms with Gasteiger partial charge in [-0.2, -0.15) is 0 Å². The van der Waals surface area contributed by atoms with E-state index in [0.717, 1.165) is 37.2 Å². The number of benzene rings is 1. The van der Waals surface area contributed by atoms with Crippen molar-refractivity contribution in [2.24, 2.45) is 0 Å². The first kappa shape index (κ1) is 17.3. The summed E-state index contributed by atoms with van der Waals surface area (Å²) in [4.78, 5) is 24.4. The molecular weight excluding hydrogens is 346 g/mol. The van der Waals surface area contributed by atoms with Gasteiger partial charge >= 0.3 is 0 Å². The minimum absolute atomic E-state index is 0.131. The molecule has 1 atom stereocenters. The molecule has 1 saturated heterocycles. The molecule has 2 aromatic heterocycles. The van der Waals surface area contributed by atoms with E-state index >= 15 is 0 Å². The first-order valence-electron chi connectivity index (χ1n) is 8.91. The van der Waals surface area contributed by atoms with Crippen molar-refractivity contribution in [3.63, 3.8) is 0 Å². The maximum absolute atomic E-state index is 11.1. The van der Waals surface area contributed by atoms with E-state index in [9.17, 15) is 4.79 Å². The van der Waals surface area contributed by atoms with Crippen LogP contribution in [-0.4, -0.2) is 57.3 Å². The van der Waals surface area contributed by atoms with Gasteiger partial charge in [0.2, 0.25) is 11.9 Å². The predicted octanol–water partition coefficient (Wildman–Crippen LogP) is 1.85. The van der Waals surface area contributed by atoms with Crippen LogP contribution in [0, 0.1) is 0 Å². The smallest absolute Gasteiger partial charge is 0.225 e. The molecule has 1 amide bonds. The Bertz CT molecular complexity index is 932. The van der Waals surface area contributed by atoms with E-state index in [-0.39, 0.29) is 11.9 Å². The SMILES string of the molecule is CC(=O)Nc1cnc(N2CCN(C(C)c3ccc4nonc4c3)CC2)nc1. The Morgan fingerprint density at radius 1 is 1.11 bits per heavy atom. The van der Waals surface area contributed by atoms with Crippen LogP contribution in [0.3, 0.4) is 0 Å². The fraction of sp³-hybridized carbons (Fsp3) is 0.389. The summed E-state index contributed by atoms with van der Waals surface area (Å²) in [6, 6.07) is 6.33. The van der Waals surface area contributed by atoms with Crippen LogP contribution in [0.1, 0.15) is 25.5 Å². The topological polar surface area (TPSA) is 100 Å². The summed E-state index contributed by atoms with van der Waals surface area (Å²) in [6.07, 6.45) is 3.28. The van der Waals surface area contributed by atoms with Crippen LogP contribution in [0.4, 0.5) is 11.6 Å². The fourth-order valence-corrected chi connectivity index (χ4v) is 3.33. The summed E-state index contributed by atoms with van der Waals surface area (Å²) < 4.78 is 4.78. The van der Waals surface area contributed by atoms with E-state index in [1.807, 2.05) is 12.1 Å². The number of amides is 1. The molecule has 1 aliphatic rings. The molecule has 1 fully saturated rings. The van der Waals surface area contributed by atoms with Crippen molar-refractivity contribution in [2.45, 2.75) is 19.9 Å². The van der Waals surface area contributed by atoms with Crippen molar-refractivity contribution >= 4 is 28.6 Å². The number of fused-ring (bicyclic) bond motifs is 1. The molecule has 0 bridgehead atoms. The lowest BCUT2D eigenvalue weighted by molar-refractivity contribution is -0.114. The molecule has 0 radical (unpaired) electrons. The molecule has 0 spiro atoms. The van der Waals surface area contributed by atoms with Gasteiger partial charge in [0.1, 0.15) is 11.0 Å². The molecular formula is C18H21N7O2. The Morgan fingerprint density at radius 2 is 1.81 bits per heavy atom.